The van der Waals surface area contributed by atoms with Gasteiger partial charge in [-0.25, -0.2) is 18.0 Å². The number of nitrogens with one attached hydrogen (secondary N) is 2. The molecule has 0 aromatic heterocycles. The highest BCUT2D eigenvalue weighted by Gasteiger charge is 2.09. The molecule has 2 aromatic rings. The van der Waals surface area contributed by atoms with Gasteiger partial charge in [0.1, 0.15) is 17.5 Å². The van der Waals surface area contributed by atoms with Gasteiger partial charge in [-0.1, -0.05) is 6.07 Å². The predicted octanol–water partition coefficient (Wildman–Crippen LogP) is 4.06. The molecule has 6 heteroatoms. The minimum absolute atomic E-state index is 0.249. The lowest BCUT2D eigenvalue weighted by atomic mass is 10.2. The van der Waals surface area contributed by atoms with Crippen molar-refractivity contribution in [3.05, 3.63) is 59.4 Å². The van der Waals surface area contributed by atoms with E-state index in [1.165, 1.54) is 12.1 Å². The Morgan fingerprint density at radius 3 is 2.15 bits per heavy atom. The third-order valence-electron chi connectivity index (χ3n) is 2.62. The van der Waals surface area contributed by atoms with Gasteiger partial charge in [0.2, 0.25) is 0 Å². The number of urea groups is 1. The van der Waals surface area contributed by atoms with Gasteiger partial charge >= 0.3 is 6.03 Å². The van der Waals surface area contributed by atoms with Crippen molar-refractivity contribution in [1.82, 2.24) is 0 Å². The molecule has 3 nitrogen and oxygen atoms in total. The van der Waals surface area contributed by atoms with Crippen molar-refractivity contribution < 1.29 is 18.0 Å². The molecule has 0 atom stereocenters. The summed E-state index contributed by atoms with van der Waals surface area (Å²) < 4.78 is 39.4. The lowest BCUT2D eigenvalue weighted by Crippen LogP contribution is -2.20. The standard InChI is InChI=1S/C14H11F3N2O/c1-8-2-3-9(15)6-12(8)18-14(20)19-13-7-10(16)4-5-11(13)17/h2-7H,1H3,(H2,18,19,20). The highest BCUT2D eigenvalue weighted by Crippen LogP contribution is 2.18. The second-order valence-corrected chi connectivity index (χ2v) is 4.16. The van der Waals surface area contributed by atoms with Crippen LogP contribution in [0.4, 0.5) is 29.3 Å². The van der Waals surface area contributed by atoms with Crippen LogP contribution in [0.2, 0.25) is 0 Å². The van der Waals surface area contributed by atoms with Crippen molar-refractivity contribution in [2.24, 2.45) is 0 Å². The van der Waals surface area contributed by atoms with Crippen LogP contribution >= 0.6 is 0 Å². The molecule has 0 radical (unpaired) electrons. The first kappa shape index (κ1) is 13.9. The molecule has 0 saturated carbocycles. The highest BCUT2D eigenvalue weighted by atomic mass is 19.1. The summed E-state index contributed by atoms with van der Waals surface area (Å²) in [7, 11) is 0. The number of halogens is 3. The van der Waals surface area contributed by atoms with Gasteiger partial charge in [-0.15, -0.1) is 0 Å². The molecule has 2 rings (SSSR count). The molecule has 0 saturated heterocycles. The van der Waals surface area contributed by atoms with Crippen LogP contribution in [0.25, 0.3) is 0 Å². The highest BCUT2D eigenvalue weighted by molar-refractivity contribution is 6.00. The quantitative estimate of drug-likeness (QED) is 0.855. The Kier molecular flexibility index (Phi) is 3.93. The van der Waals surface area contributed by atoms with Crippen LogP contribution in [0.1, 0.15) is 5.56 Å². The second kappa shape index (κ2) is 5.64. The van der Waals surface area contributed by atoms with E-state index in [9.17, 15) is 18.0 Å². The third-order valence-corrected chi connectivity index (χ3v) is 2.62. The first-order chi connectivity index (χ1) is 9.45. The zero-order chi connectivity index (χ0) is 14.7. The van der Waals surface area contributed by atoms with E-state index in [1.54, 1.807) is 6.92 Å². The van der Waals surface area contributed by atoms with E-state index in [2.05, 4.69) is 10.6 Å². The van der Waals surface area contributed by atoms with Crippen LogP contribution in [0.15, 0.2) is 36.4 Å². The Morgan fingerprint density at radius 2 is 1.45 bits per heavy atom. The van der Waals surface area contributed by atoms with Gasteiger partial charge < -0.3 is 10.6 Å². The largest absolute Gasteiger partial charge is 0.323 e. The molecule has 20 heavy (non-hydrogen) atoms. The van der Waals surface area contributed by atoms with Gasteiger partial charge in [-0.05, 0) is 36.8 Å². The second-order valence-electron chi connectivity index (χ2n) is 4.16. The van der Waals surface area contributed by atoms with E-state index in [0.29, 0.717) is 5.56 Å². The molecule has 0 aliphatic rings. The minimum atomic E-state index is -0.789. The molecule has 0 bridgehead atoms. The summed E-state index contributed by atoms with van der Waals surface area (Å²) in [6.07, 6.45) is 0. The van der Waals surface area contributed by atoms with Crippen LogP contribution in [-0.2, 0) is 0 Å². The fraction of sp³-hybridized carbons (Fsp3) is 0.0714. The van der Waals surface area contributed by atoms with E-state index in [-0.39, 0.29) is 11.4 Å². The van der Waals surface area contributed by atoms with Gasteiger partial charge in [0.15, 0.2) is 0 Å². The van der Waals surface area contributed by atoms with Crippen LogP contribution < -0.4 is 10.6 Å². The number of amides is 2. The Labute approximate surface area is 113 Å². The predicted molar refractivity (Wildman–Crippen MR) is 70.1 cm³/mol. The molecule has 0 spiro atoms. The summed E-state index contributed by atoms with van der Waals surface area (Å²) >= 11 is 0. The van der Waals surface area contributed by atoms with Crippen LogP contribution in [0, 0.1) is 24.4 Å². The number of hydrogen-bond acceptors (Lipinski definition) is 1. The number of rotatable bonds is 2. The van der Waals surface area contributed by atoms with Crippen molar-refractivity contribution >= 4 is 17.4 Å². The number of carbonyl (C=O) groups is 1. The summed E-state index contributed by atoms with van der Waals surface area (Å²) in [5.41, 5.74) is 0.595. The van der Waals surface area contributed by atoms with Gasteiger partial charge in [0.25, 0.3) is 0 Å². The Balaban J connectivity index is 2.13. The third kappa shape index (κ3) is 3.28. The molecular weight excluding hydrogens is 269 g/mol. The molecule has 104 valence electrons. The normalized spacial score (nSPS) is 10.2. The van der Waals surface area contributed by atoms with Crippen molar-refractivity contribution in [1.29, 1.82) is 0 Å². The first-order valence-corrected chi connectivity index (χ1v) is 5.75. The summed E-state index contributed by atoms with van der Waals surface area (Å²) in [4.78, 5) is 11.7. The zero-order valence-electron chi connectivity index (χ0n) is 10.5. The maximum absolute atomic E-state index is 13.3. The molecule has 2 aromatic carbocycles. The van der Waals surface area contributed by atoms with Crippen LogP contribution in [-0.4, -0.2) is 6.03 Å². The summed E-state index contributed by atoms with van der Waals surface area (Å²) in [6, 6.07) is 5.79. The maximum atomic E-state index is 13.3. The molecule has 2 N–H and O–H groups in total. The van der Waals surface area contributed by atoms with Crippen molar-refractivity contribution in [2.45, 2.75) is 6.92 Å². The van der Waals surface area contributed by atoms with E-state index in [1.807, 2.05) is 0 Å². The van der Waals surface area contributed by atoms with Gasteiger partial charge in [0.05, 0.1) is 5.69 Å². The van der Waals surface area contributed by atoms with Gasteiger partial charge in [-0.2, -0.15) is 0 Å². The number of hydrogen-bond donors (Lipinski definition) is 2. The maximum Gasteiger partial charge on any atom is 0.323 e. The lowest BCUT2D eigenvalue weighted by Gasteiger charge is -2.10. The topological polar surface area (TPSA) is 41.1 Å². The summed E-state index contributed by atoms with van der Waals surface area (Å²) in [5, 5.41) is 4.53. The number of carbonyl (C=O) groups excluding carboxylic acids is 1. The average Bonchev–Trinajstić information content (AvgIpc) is 2.38. The van der Waals surface area contributed by atoms with Crippen LogP contribution in [0.3, 0.4) is 0 Å². The fourth-order valence-electron chi connectivity index (χ4n) is 1.60. The monoisotopic (exact) mass is 280 g/mol. The molecule has 0 fully saturated rings. The van der Waals surface area contributed by atoms with E-state index >= 15 is 0 Å². The summed E-state index contributed by atoms with van der Waals surface area (Å²) in [6.45, 7) is 1.68. The molecule has 2 amide bonds. The lowest BCUT2D eigenvalue weighted by molar-refractivity contribution is 0.262. The first-order valence-electron chi connectivity index (χ1n) is 5.75. The average molecular weight is 280 g/mol. The fourth-order valence-corrected chi connectivity index (χ4v) is 1.60. The van der Waals surface area contributed by atoms with Crippen molar-refractivity contribution in [3.8, 4) is 0 Å². The molecule has 0 unspecified atom stereocenters. The zero-order valence-corrected chi connectivity index (χ0v) is 10.5. The molecule has 0 heterocycles. The Morgan fingerprint density at radius 1 is 0.900 bits per heavy atom. The Hall–Kier alpha value is -2.50. The van der Waals surface area contributed by atoms with Gasteiger partial charge in [0, 0.05) is 11.8 Å². The SMILES string of the molecule is Cc1ccc(F)cc1NC(=O)Nc1cc(F)ccc1F. The molecular formula is C14H11F3N2O. The smallest absolute Gasteiger partial charge is 0.307 e. The van der Waals surface area contributed by atoms with Crippen LogP contribution in [0.5, 0.6) is 0 Å². The number of anilines is 2. The molecule has 0 aliphatic heterocycles. The van der Waals surface area contributed by atoms with Crippen molar-refractivity contribution in [2.75, 3.05) is 10.6 Å². The number of aryl methyl sites for hydroxylation is 1. The molecule has 0 aliphatic carbocycles. The van der Waals surface area contributed by atoms with Gasteiger partial charge in [-0.3, -0.25) is 0 Å². The Bertz CT molecular complexity index is 603. The van der Waals surface area contributed by atoms with E-state index < -0.39 is 23.5 Å². The minimum Gasteiger partial charge on any atom is -0.307 e. The number of benzene rings is 2. The summed E-state index contributed by atoms with van der Waals surface area (Å²) in [5.74, 6) is -1.95. The van der Waals surface area contributed by atoms with E-state index in [4.69, 9.17) is 0 Å². The van der Waals surface area contributed by atoms with E-state index in [0.717, 1.165) is 24.3 Å². The van der Waals surface area contributed by atoms with Crippen molar-refractivity contribution in [3.63, 3.8) is 0 Å².